The molecular formula is C18H19ClN2O3. The third-order valence-electron chi connectivity index (χ3n) is 3.39. The minimum atomic E-state index is -0.284. The second-order valence-corrected chi connectivity index (χ2v) is 5.64. The fourth-order valence-corrected chi connectivity index (χ4v) is 2.43. The fourth-order valence-electron chi connectivity index (χ4n) is 2.15. The van der Waals surface area contributed by atoms with Crippen molar-refractivity contribution in [2.75, 3.05) is 19.0 Å². The highest BCUT2D eigenvalue weighted by Crippen LogP contribution is 2.22. The summed E-state index contributed by atoms with van der Waals surface area (Å²) in [7, 11) is 1.50. The third-order valence-corrected chi connectivity index (χ3v) is 3.70. The highest BCUT2D eigenvalue weighted by atomic mass is 35.5. The molecule has 0 heterocycles. The van der Waals surface area contributed by atoms with E-state index in [0.717, 1.165) is 5.56 Å². The third kappa shape index (κ3) is 4.73. The minimum absolute atomic E-state index is 0.144. The monoisotopic (exact) mass is 346 g/mol. The summed E-state index contributed by atoms with van der Waals surface area (Å²) < 4.78 is 5.14. The number of benzene rings is 2. The summed E-state index contributed by atoms with van der Waals surface area (Å²) in [5, 5.41) is 5.92. The lowest BCUT2D eigenvalue weighted by Gasteiger charge is -2.10. The van der Waals surface area contributed by atoms with Crippen LogP contribution < -0.4 is 15.4 Å². The molecule has 2 aromatic rings. The number of methoxy groups -OCH3 is 1. The number of amides is 2. The molecule has 2 N–H and O–H groups in total. The predicted octanol–water partition coefficient (Wildman–Crippen LogP) is 3.42. The first kappa shape index (κ1) is 17.8. The maximum atomic E-state index is 12.1. The maximum absolute atomic E-state index is 12.1. The normalized spacial score (nSPS) is 10.1. The van der Waals surface area contributed by atoms with Gasteiger partial charge in [-0.15, -0.1) is 0 Å². The van der Waals surface area contributed by atoms with Gasteiger partial charge in [0.2, 0.25) is 5.91 Å². The van der Waals surface area contributed by atoms with Gasteiger partial charge in [0.15, 0.2) is 0 Å². The molecule has 126 valence electrons. The number of hydrogen-bond donors (Lipinski definition) is 2. The second-order valence-electron chi connectivity index (χ2n) is 5.24. The SMILES string of the molecule is COc1ccccc1C(=O)NCCC(=O)Nc1ccc(C)cc1Cl. The molecule has 0 atom stereocenters. The lowest BCUT2D eigenvalue weighted by atomic mass is 10.2. The van der Waals surface area contributed by atoms with E-state index in [4.69, 9.17) is 16.3 Å². The van der Waals surface area contributed by atoms with Crippen molar-refractivity contribution in [1.82, 2.24) is 5.32 Å². The zero-order valence-electron chi connectivity index (χ0n) is 13.6. The van der Waals surface area contributed by atoms with Gasteiger partial charge in [-0.25, -0.2) is 0 Å². The molecule has 0 saturated heterocycles. The van der Waals surface area contributed by atoms with E-state index in [1.165, 1.54) is 7.11 Å². The summed E-state index contributed by atoms with van der Waals surface area (Å²) in [6.45, 7) is 2.14. The number of rotatable bonds is 6. The summed E-state index contributed by atoms with van der Waals surface area (Å²) in [6, 6.07) is 12.3. The highest BCUT2D eigenvalue weighted by Gasteiger charge is 2.12. The smallest absolute Gasteiger partial charge is 0.255 e. The largest absolute Gasteiger partial charge is 0.496 e. The summed E-state index contributed by atoms with van der Waals surface area (Å²) in [4.78, 5) is 24.1. The molecule has 0 aliphatic carbocycles. The fraction of sp³-hybridized carbons (Fsp3) is 0.222. The van der Waals surface area contributed by atoms with Gasteiger partial charge in [-0.1, -0.05) is 29.8 Å². The minimum Gasteiger partial charge on any atom is -0.496 e. The number of carbonyl (C=O) groups is 2. The van der Waals surface area contributed by atoms with E-state index >= 15 is 0 Å². The summed E-state index contributed by atoms with van der Waals surface area (Å²) in [5.74, 6) is -0.0133. The first-order chi connectivity index (χ1) is 11.5. The molecule has 0 unspecified atom stereocenters. The van der Waals surface area contributed by atoms with E-state index in [2.05, 4.69) is 10.6 Å². The molecule has 0 aromatic heterocycles. The topological polar surface area (TPSA) is 67.4 Å². The van der Waals surface area contributed by atoms with E-state index in [1.54, 1.807) is 36.4 Å². The molecule has 0 aliphatic rings. The molecule has 5 nitrogen and oxygen atoms in total. The Bertz CT molecular complexity index is 747. The van der Waals surface area contributed by atoms with Crippen LogP contribution in [-0.4, -0.2) is 25.5 Å². The Morgan fingerprint density at radius 2 is 1.92 bits per heavy atom. The molecular weight excluding hydrogens is 328 g/mol. The van der Waals surface area contributed by atoms with Crippen LogP contribution in [-0.2, 0) is 4.79 Å². The number of ether oxygens (including phenoxy) is 1. The number of halogens is 1. The van der Waals surface area contributed by atoms with Crippen molar-refractivity contribution in [3.05, 3.63) is 58.6 Å². The summed E-state index contributed by atoms with van der Waals surface area (Å²) >= 11 is 6.07. The molecule has 0 radical (unpaired) electrons. The van der Waals surface area contributed by atoms with Gasteiger partial charge in [0.25, 0.3) is 5.91 Å². The zero-order valence-corrected chi connectivity index (χ0v) is 14.3. The quantitative estimate of drug-likeness (QED) is 0.842. The Morgan fingerprint density at radius 3 is 2.62 bits per heavy atom. The Balaban J connectivity index is 1.85. The summed E-state index contributed by atoms with van der Waals surface area (Å²) in [6.07, 6.45) is 0.144. The first-order valence-electron chi connectivity index (χ1n) is 7.48. The van der Waals surface area contributed by atoms with E-state index < -0.39 is 0 Å². The second kappa shape index (κ2) is 8.36. The molecule has 6 heteroatoms. The molecule has 24 heavy (non-hydrogen) atoms. The Kier molecular flexibility index (Phi) is 6.21. The molecule has 2 amide bonds. The van der Waals surface area contributed by atoms with Crippen LogP contribution in [0.4, 0.5) is 5.69 Å². The number of anilines is 1. The molecule has 0 spiro atoms. The molecule has 2 rings (SSSR count). The van der Waals surface area contributed by atoms with Crippen molar-refractivity contribution >= 4 is 29.1 Å². The highest BCUT2D eigenvalue weighted by molar-refractivity contribution is 6.33. The van der Waals surface area contributed by atoms with Crippen molar-refractivity contribution in [2.24, 2.45) is 0 Å². The summed E-state index contributed by atoms with van der Waals surface area (Å²) in [5.41, 5.74) is 2.01. The van der Waals surface area contributed by atoms with Gasteiger partial charge >= 0.3 is 0 Å². The molecule has 0 fully saturated rings. The number of para-hydroxylation sites is 1. The van der Waals surface area contributed by atoms with Gasteiger partial charge in [-0.05, 0) is 36.8 Å². The van der Waals surface area contributed by atoms with Crippen molar-refractivity contribution in [2.45, 2.75) is 13.3 Å². The van der Waals surface area contributed by atoms with Crippen LogP contribution in [0.5, 0.6) is 5.75 Å². The standard InChI is InChI=1S/C18H19ClN2O3/c1-12-7-8-15(14(19)11-12)21-17(22)9-10-20-18(23)13-5-3-4-6-16(13)24-2/h3-8,11H,9-10H2,1-2H3,(H,20,23)(H,21,22). The lowest BCUT2D eigenvalue weighted by molar-refractivity contribution is -0.116. The van der Waals surface area contributed by atoms with E-state index in [-0.39, 0.29) is 24.8 Å². The molecule has 0 bridgehead atoms. The Morgan fingerprint density at radius 1 is 1.17 bits per heavy atom. The number of hydrogen-bond acceptors (Lipinski definition) is 3. The maximum Gasteiger partial charge on any atom is 0.255 e. The number of aryl methyl sites for hydroxylation is 1. The van der Waals surface area contributed by atoms with Crippen molar-refractivity contribution < 1.29 is 14.3 Å². The number of nitrogens with one attached hydrogen (secondary N) is 2. The number of carbonyl (C=O) groups excluding carboxylic acids is 2. The average Bonchev–Trinajstić information content (AvgIpc) is 2.57. The molecule has 2 aromatic carbocycles. The van der Waals surface area contributed by atoms with Gasteiger partial charge in [-0.3, -0.25) is 9.59 Å². The van der Waals surface area contributed by atoms with Gasteiger partial charge < -0.3 is 15.4 Å². The Hall–Kier alpha value is -2.53. The lowest BCUT2D eigenvalue weighted by Crippen LogP contribution is -2.28. The van der Waals surface area contributed by atoms with Crippen LogP contribution in [0.15, 0.2) is 42.5 Å². The van der Waals surface area contributed by atoms with Gasteiger partial charge in [-0.2, -0.15) is 0 Å². The first-order valence-corrected chi connectivity index (χ1v) is 7.86. The molecule has 0 saturated carbocycles. The van der Waals surface area contributed by atoms with Crippen molar-refractivity contribution in [3.8, 4) is 5.75 Å². The van der Waals surface area contributed by atoms with Crippen LogP contribution in [0, 0.1) is 6.92 Å². The Labute approximate surface area is 146 Å². The zero-order chi connectivity index (χ0) is 17.5. The van der Waals surface area contributed by atoms with Crippen LogP contribution in [0.3, 0.4) is 0 Å². The van der Waals surface area contributed by atoms with Crippen LogP contribution in [0.25, 0.3) is 0 Å². The predicted molar refractivity (Wildman–Crippen MR) is 94.8 cm³/mol. The van der Waals surface area contributed by atoms with Crippen LogP contribution >= 0.6 is 11.6 Å². The van der Waals surface area contributed by atoms with Crippen LogP contribution in [0.1, 0.15) is 22.3 Å². The van der Waals surface area contributed by atoms with Gasteiger partial charge in [0, 0.05) is 13.0 Å². The van der Waals surface area contributed by atoms with Gasteiger partial charge in [0.1, 0.15) is 5.75 Å². The average molecular weight is 347 g/mol. The van der Waals surface area contributed by atoms with Crippen LogP contribution in [0.2, 0.25) is 5.02 Å². The van der Waals surface area contributed by atoms with E-state index in [1.807, 2.05) is 13.0 Å². The van der Waals surface area contributed by atoms with Crippen molar-refractivity contribution in [1.29, 1.82) is 0 Å². The van der Waals surface area contributed by atoms with E-state index in [0.29, 0.717) is 22.0 Å². The van der Waals surface area contributed by atoms with E-state index in [9.17, 15) is 9.59 Å². The molecule has 0 aliphatic heterocycles. The van der Waals surface area contributed by atoms with Crippen molar-refractivity contribution in [3.63, 3.8) is 0 Å². The van der Waals surface area contributed by atoms with Gasteiger partial charge in [0.05, 0.1) is 23.4 Å².